The van der Waals surface area contributed by atoms with Gasteiger partial charge in [0.15, 0.2) is 5.82 Å². The Morgan fingerprint density at radius 3 is 2.84 bits per heavy atom. The Bertz CT molecular complexity index is 450. The third-order valence-electron chi connectivity index (χ3n) is 3.47. The van der Waals surface area contributed by atoms with Crippen molar-refractivity contribution in [3.63, 3.8) is 0 Å². The summed E-state index contributed by atoms with van der Waals surface area (Å²) in [5, 5.41) is 3.87. The van der Waals surface area contributed by atoms with Crippen molar-refractivity contribution >= 4 is 5.91 Å². The summed E-state index contributed by atoms with van der Waals surface area (Å²) in [6.07, 6.45) is 2.58. The topological polar surface area (TPSA) is 85.2 Å². The average Bonchev–Trinajstić information content (AvgIpc) is 2.73. The van der Waals surface area contributed by atoms with Crippen molar-refractivity contribution in [2.75, 3.05) is 6.54 Å². The van der Waals surface area contributed by atoms with E-state index in [4.69, 9.17) is 10.3 Å². The minimum Gasteiger partial charge on any atom is -0.337 e. The summed E-state index contributed by atoms with van der Waals surface area (Å²) in [5.74, 6) is 1.68. The molecule has 0 aromatic carbocycles. The van der Waals surface area contributed by atoms with Crippen molar-refractivity contribution in [2.45, 2.75) is 52.1 Å². The second kappa shape index (κ2) is 5.28. The number of hydrogen-bond acceptors (Lipinski definition) is 5. The molecule has 1 aliphatic rings. The zero-order chi connectivity index (χ0) is 14.0. The fourth-order valence-electron chi connectivity index (χ4n) is 2.08. The van der Waals surface area contributed by atoms with Crippen LogP contribution in [0.25, 0.3) is 0 Å². The first kappa shape index (κ1) is 14.0. The summed E-state index contributed by atoms with van der Waals surface area (Å²) in [4.78, 5) is 18.0. The summed E-state index contributed by atoms with van der Waals surface area (Å²) >= 11 is 0. The third-order valence-corrected chi connectivity index (χ3v) is 3.47. The Kier molecular flexibility index (Phi) is 3.89. The van der Waals surface area contributed by atoms with Gasteiger partial charge in [0.05, 0.1) is 12.1 Å². The Balaban J connectivity index is 2.04. The maximum Gasteiger partial charge on any atom is 0.246 e. The lowest BCUT2D eigenvalue weighted by molar-refractivity contribution is -0.131. The smallest absolute Gasteiger partial charge is 0.246 e. The van der Waals surface area contributed by atoms with E-state index in [1.165, 1.54) is 0 Å². The molecule has 0 aliphatic carbocycles. The van der Waals surface area contributed by atoms with Crippen LogP contribution in [0.15, 0.2) is 4.52 Å². The van der Waals surface area contributed by atoms with Crippen LogP contribution in [0.3, 0.4) is 0 Å². The number of hydrogen-bond donors (Lipinski definition) is 1. The van der Waals surface area contributed by atoms with E-state index >= 15 is 0 Å². The zero-order valence-corrected chi connectivity index (χ0v) is 11.8. The molecule has 1 aromatic rings. The molecule has 6 heteroatoms. The van der Waals surface area contributed by atoms with E-state index in [0.717, 1.165) is 19.4 Å². The van der Waals surface area contributed by atoms with Gasteiger partial charge < -0.3 is 15.2 Å². The normalized spacial score (nSPS) is 21.6. The van der Waals surface area contributed by atoms with Crippen LogP contribution >= 0.6 is 0 Å². The summed E-state index contributed by atoms with van der Waals surface area (Å²) in [6.45, 7) is 6.96. The van der Waals surface area contributed by atoms with E-state index in [2.05, 4.69) is 17.1 Å². The van der Waals surface area contributed by atoms with Crippen molar-refractivity contribution in [3.8, 4) is 0 Å². The van der Waals surface area contributed by atoms with Crippen LogP contribution in [0.1, 0.15) is 51.7 Å². The van der Waals surface area contributed by atoms with Crippen LogP contribution in [0.4, 0.5) is 0 Å². The quantitative estimate of drug-likeness (QED) is 0.894. The number of likely N-dealkylation sites (tertiary alicyclic amines) is 1. The minimum atomic E-state index is -0.626. The maximum absolute atomic E-state index is 12.0. The molecule has 0 bridgehead atoms. The van der Waals surface area contributed by atoms with Crippen LogP contribution in [-0.4, -0.2) is 27.5 Å². The van der Waals surface area contributed by atoms with Crippen molar-refractivity contribution in [3.05, 3.63) is 11.7 Å². The highest BCUT2D eigenvalue weighted by Crippen LogP contribution is 2.19. The lowest BCUT2D eigenvalue weighted by atomic mass is 10.0. The molecule has 0 radical (unpaired) electrons. The molecule has 106 valence electrons. The molecular weight excluding hydrogens is 244 g/mol. The van der Waals surface area contributed by atoms with Crippen molar-refractivity contribution in [1.29, 1.82) is 0 Å². The molecule has 1 amide bonds. The number of nitrogens with two attached hydrogens (primary N) is 1. The monoisotopic (exact) mass is 266 g/mol. The Hall–Kier alpha value is -1.43. The first-order valence-electron chi connectivity index (χ1n) is 6.76. The number of aromatic nitrogens is 2. The van der Waals surface area contributed by atoms with Gasteiger partial charge in [-0.25, -0.2) is 0 Å². The van der Waals surface area contributed by atoms with E-state index in [1.807, 2.05) is 13.8 Å². The number of carbonyl (C=O) groups is 1. The molecule has 2 heterocycles. The summed E-state index contributed by atoms with van der Waals surface area (Å²) in [7, 11) is 0. The average molecular weight is 266 g/mol. The molecule has 1 fully saturated rings. The summed E-state index contributed by atoms with van der Waals surface area (Å²) in [5.41, 5.74) is 5.28. The molecule has 19 heavy (non-hydrogen) atoms. The number of rotatable bonds is 3. The molecule has 2 N–H and O–H groups in total. The second-order valence-electron chi connectivity index (χ2n) is 5.98. The highest BCUT2D eigenvalue weighted by molar-refractivity contribution is 5.76. The van der Waals surface area contributed by atoms with Gasteiger partial charge >= 0.3 is 0 Å². The van der Waals surface area contributed by atoms with Gasteiger partial charge in [0.1, 0.15) is 0 Å². The maximum atomic E-state index is 12.0. The molecule has 0 spiro atoms. The molecule has 2 rings (SSSR count). The van der Waals surface area contributed by atoms with Crippen molar-refractivity contribution in [1.82, 2.24) is 15.0 Å². The first-order chi connectivity index (χ1) is 8.86. The summed E-state index contributed by atoms with van der Waals surface area (Å²) < 4.78 is 5.17. The third kappa shape index (κ3) is 3.53. The van der Waals surface area contributed by atoms with Crippen molar-refractivity contribution in [2.24, 2.45) is 11.7 Å². The largest absolute Gasteiger partial charge is 0.337 e. The van der Waals surface area contributed by atoms with Crippen LogP contribution in [0.2, 0.25) is 0 Å². The predicted octanol–water partition coefficient (Wildman–Crippen LogP) is 1.41. The van der Waals surface area contributed by atoms with E-state index < -0.39 is 5.54 Å². The molecule has 1 aromatic heterocycles. The number of carbonyl (C=O) groups excluding carboxylic acids is 1. The first-order valence-corrected chi connectivity index (χ1v) is 6.76. The molecule has 0 saturated carbocycles. The second-order valence-corrected chi connectivity index (χ2v) is 5.98. The van der Waals surface area contributed by atoms with Gasteiger partial charge in [0.25, 0.3) is 0 Å². The van der Waals surface area contributed by atoms with Gasteiger partial charge in [-0.05, 0) is 32.6 Å². The minimum absolute atomic E-state index is 0.163. The van der Waals surface area contributed by atoms with Gasteiger partial charge in [-0.3, -0.25) is 4.79 Å². The fourth-order valence-corrected chi connectivity index (χ4v) is 2.08. The van der Waals surface area contributed by atoms with Gasteiger partial charge in [-0.15, -0.1) is 0 Å². The van der Waals surface area contributed by atoms with Crippen LogP contribution in [0, 0.1) is 5.92 Å². The van der Waals surface area contributed by atoms with Gasteiger partial charge in [-0.2, -0.15) is 4.98 Å². The highest BCUT2D eigenvalue weighted by Gasteiger charge is 2.25. The molecule has 1 saturated heterocycles. The lowest BCUT2D eigenvalue weighted by Crippen LogP contribution is -2.31. The lowest BCUT2D eigenvalue weighted by Gasteiger charge is -2.18. The molecule has 6 nitrogen and oxygen atoms in total. The predicted molar refractivity (Wildman–Crippen MR) is 69.9 cm³/mol. The molecular formula is C13H22N4O2. The van der Waals surface area contributed by atoms with Crippen LogP contribution in [-0.2, 0) is 16.9 Å². The Labute approximate surface area is 113 Å². The van der Waals surface area contributed by atoms with Crippen LogP contribution < -0.4 is 5.73 Å². The van der Waals surface area contributed by atoms with E-state index in [9.17, 15) is 4.79 Å². The molecule has 1 aliphatic heterocycles. The Morgan fingerprint density at radius 2 is 2.21 bits per heavy atom. The van der Waals surface area contributed by atoms with Gasteiger partial charge in [-0.1, -0.05) is 12.1 Å². The van der Waals surface area contributed by atoms with Crippen molar-refractivity contribution < 1.29 is 9.32 Å². The van der Waals surface area contributed by atoms with E-state index in [-0.39, 0.29) is 5.91 Å². The SMILES string of the molecule is CC1CCC(=O)N(Cc2nc(C(C)(C)N)no2)CC1. The van der Waals surface area contributed by atoms with E-state index in [1.54, 1.807) is 4.90 Å². The van der Waals surface area contributed by atoms with Gasteiger partial charge in [0.2, 0.25) is 11.8 Å². The standard InChI is InChI=1S/C13H22N4O2/c1-9-4-5-11(18)17(7-6-9)8-10-15-12(16-19-10)13(2,3)14/h9H,4-8,14H2,1-3H3. The fraction of sp³-hybridized carbons (Fsp3) is 0.769. The van der Waals surface area contributed by atoms with Gasteiger partial charge in [0, 0.05) is 13.0 Å². The summed E-state index contributed by atoms with van der Waals surface area (Å²) in [6, 6.07) is 0. The van der Waals surface area contributed by atoms with Crippen LogP contribution in [0.5, 0.6) is 0 Å². The Morgan fingerprint density at radius 1 is 1.47 bits per heavy atom. The molecule has 1 atom stereocenters. The number of nitrogens with zero attached hydrogens (tertiary/aromatic N) is 3. The zero-order valence-electron chi connectivity index (χ0n) is 11.8. The highest BCUT2D eigenvalue weighted by atomic mass is 16.5. The molecule has 1 unspecified atom stereocenters. The van der Waals surface area contributed by atoms with E-state index in [0.29, 0.717) is 30.6 Å². The number of amides is 1.